The molecule has 0 fully saturated rings. The van der Waals surface area contributed by atoms with Crippen molar-refractivity contribution >= 4 is 102 Å². The fraction of sp³-hybridized carbons (Fsp3) is 0.0417. The van der Waals surface area contributed by atoms with E-state index in [1.165, 1.54) is 24.3 Å². The minimum atomic E-state index is -0.282. The number of azo groups is 2. The van der Waals surface area contributed by atoms with Gasteiger partial charge in [-0.15, -0.1) is 20.5 Å². The van der Waals surface area contributed by atoms with Crippen molar-refractivity contribution < 1.29 is 47.1 Å². The second kappa shape index (κ2) is 20.7. The Hall–Kier alpha value is -6.30. The number of hydrogen-bond donors (Lipinski definition) is 4. The summed E-state index contributed by atoms with van der Waals surface area (Å²) in [5, 5.41) is 61.7. The molecule has 0 saturated heterocycles. The zero-order valence-corrected chi connectivity index (χ0v) is 36.7. The molecule has 0 aliphatic carbocycles. The van der Waals surface area contributed by atoms with E-state index in [0.717, 1.165) is 21.9 Å². The number of aromatic hydroxyl groups is 4. The fourth-order valence-corrected chi connectivity index (χ4v) is 7.45. The summed E-state index contributed by atoms with van der Waals surface area (Å²) in [5.74, 6) is -1.63. The number of carbonyl (C=O) groups excluding carboxylic acids is 2. The molecule has 4 N–H and O–H groups in total. The van der Waals surface area contributed by atoms with Crippen molar-refractivity contribution in [2.75, 3.05) is 0 Å². The van der Waals surface area contributed by atoms with Crippen LogP contribution in [0.15, 0.2) is 166 Å². The molecule has 316 valence electrons. The van der Waals surface area contributed by atoms with Crippen LogP contribution in [-0.4, -0.2) is 32.0 Å². The summed E-state index contributed by atoms with van der Waals surface area (Å²) in [4.78, 5) is 25.9. The smallest absolute Gasteiger partial charge is 0.171 e. The molecule has 0 bridgehead atoms. The van der Waals surface area contributed by atoms with Gasteiger partial charge in [-0.05, 0) is 58.3 Å². The number of carbonyl (C=O) groups is 2. The average molecular weight is 958 g/mol. The van der Waals surface area contributed by atoms with Crippen LogP contribution in [0.2, 0.25) is 20.1 Å². The largest absolute Gasteiger partial charge is 0.505 e. The summed E-state index contributed by atoms with van der Waals surface area (Å²) >= 11 is 23.8. The van der Waals surface area contributed by atoms with Crippen LogP contribution < -0.4 is 0 Å². The molecule has 0 spiro atoms. The average Bonchev–Trinajstić information content (AvgIpc) is 3.26. The van der Waals surface area contributed by atoms with Gasteiger partial charge in [-0.1, -0.05) is 156 Å². The van der Waals surface area contributed by atoms with Gasteiger partial charge in [-0.25, -0.2) is 0 Å². The minimum absolute atomic E-state index is 0. The third-order valence-electron chi connectivity index (χ3n) is 9.54. The van der Waals surface area contributed by atoms with Gasteiger partial charge in [0.2, 0.25) is 0 Å². The maximum absolute atomic E-state index is 12.9. The number of phenols is 4. The number of halogens is 4. The summed E-state index contributed by atoms with van der Waals surface area (Å²) in [6.45, 7) is 0. The molecule has 0 amide bonds. The third kappa shape index (κ3) is 10.8. The predicted molar refractivity (Wildman–Crippen MR) is 245 cm³/mol. The van der Waals surface area contributed by atoms with Crippen LogP contribution in [0, 0.1) is 0 Å². The Kier molecular flexibility index (Phi) is 15.2. The van der Waals surface area contributed by atoms with Crippen molar-refractivity contribution in [1.29, 1.82) is 0 Å². The number of rotatable bonds is 10. The van der Waals surface area contributed by atoms with Gasteiger partial charge in [0, 0.05) is 50.7 Å². The topological polar surface area (TPSA) is 164 Å². The molecular formula is C48H32Cl4FeN4O6. The van der Waals surface area contributed by atoms with E-state index in [0.29, 0.717) is 10.8 Å². The Morgan fingerprint density at radius 2 is 0.778 bits per heavy atom. The quantitative estimate of drug-likeness (QED) is 0.0605. The van der Waals surface area contributed by atoms with Crippen LogP contribution in [0.3, 0.4) is 0 Å². The molecule has 0 unspecified atom stereocenters. The summed E-state index contributed by atoms with van der Waals surface area (Å²) < 4.78 is 0. The van der Waals surface area contributed by atoms with Gasteiger partial charge in [0.1, 0.15) is 22.7 Å². The zero-order valence-electron chi connectivity index (χ0n) is 32.5. The fourth-order valence-electron chi connectivity index (χ4n) is 6.48. The first-order chi connectivity index (χ1) is 29.9. The van der Waals surface area contributed by atoms with Crippen molar-refractivity contribution in [3.8, 4) is 23.0 Å². The van der Waals surface area contributed by atoms with E-state index in [2.05, 4.69) is 20.5 Å². The number of nitrogens with zero attached hydrogens (tertiary/aromatic N) is 4. The van der Waals surface area contributed by atoms with Crippen LogP contribution in [0.1, 0.15) is 31.8 Å². The van der Waals surface area contributed by atoms with Gasteiger partial charge in [0.25, 0.3) is 0 Å². The molecular weight excluding hydrogens is 926 g/mol. The molecule has 0 radical (unpaired) electrons. The van der Waals surface area contributed by atoms with E-state index in [9.17, 15) is 30.0 Å². The van der Waals surface area contributed by atoms with E-state index in [1.54, 1.807) is 36.4 Å². The Bertz CT molecular complexity index is 2860. The van der Waals surface area contributed by atoms with Crippen molar-refractivity contribution in [2.45, 2.75) is 12.8 Å². The van der Waals surface area contributed by atoms with Crippen molar-refractivity contribution in [3.05, 3.63) is 188 Å². The normalized spacial score (nSPS) is 11.1. The molecule has 8 aromatic carbocycles. The van der Waals surface area contributed by atoms with Crippen LogP contribution in [0.25, 0.3) is 21.5 Å². The molecule has 8 aromatic rings. The summed E-state index contributed by atoms with van der Waals surface area (Å²) in [6, 6.07) is 41.8. The standard InChI is InChI=1S/2C24H16Cl2N2O3.Fe/c2*25-16-12-19(26)24(31)20(13-16)27-28-22-17-9-5-4-8-15(17)11-18(23(22)30)21(29)10-14-6-2-1-3-7-14;/h2*1-9,11-13,30-31H,10H2;. The molecule has 0 atom stereocenters. The van der Waals surface area contributed by atoms with E-state index in [1.807, 2.05) is 84.9 Å². The Balaban J connectivity index is 0.000000206. The minimum Gasteiger partial charge on any atom is -0.505 e. The SMILES string of the molecule is O=C(Cc1ccccc1)c1cc2ccccc2c(N=Nc2cc(Cl)cc(Cl)c2O)c1O.O=C(Cc1ccccc1)c1cc2ccccc2c(N=Nc2cc(Cl)cc(Cl)c2O)c1O.[Fe]. The number of phenolic OH excluding ortho intramolecular Hbond substituents is 4. The number of ketones is 2. The van der Waals surface area contributed by atoms with Gasteiger partial charge < -0.3 is 20.4 Å². The zero-order chi connectivity index (χ0) is 43.9. The molecule has 0 heterocycles. The first-order valence-corrected chi connectivity index (χ1v) is 20.2. The van der Waals surface area contributed by atoms with Crippen LogP contribution in [-0.2, 0) is 29.9 Å². The predicted octanol–water partition coefficient (Wildman–Crippen LogP) is 14.8. The molecule has 8 rings (SSSR count). The summed E-state index contributed by atoms with van der Waals surface area (Å²) in [7, 11) is 0. The van der Waals surface area contributed by atoms with Crippen LogP contribution in [0.4, 0.5) is 22.7 Å². The van der Waals surface area contributed by atoms with Gasteiger partial charge in [0.15, 0.2) is 34.6 Å². The number of Topliss-reactive ketones (excluding diaryl/α,β-unsaturated/α-hetero) is 2. The molecule has 63 heavy (non-hydrogen) atoms. The van der Waals surface area contributed by atoms with Crippen LogP contribution >= 0.6 is 46.4 Å². The van der Waals surface area contributed by atoms with Gasteiger partial charge in [0.05, 0.1) is 21.2 Å². The first kappa shape index (κ1) is 46.2. The second-order valence-electron chi connectivity index (χ2n) is 13.8. The number of hydrogen-bond acceptors (Lipinski definition) is 10. The Labute approximate surface area is 391 Å². The van der Waals surface area contributed by atoms with E-state index >= 15 is 0 Å². The first-order valence-electron chi connectivity index (χ1n) is 18.7. The molecule has 10 nitrogen and oxygen atoms in total. The van der Waals surface area contributed by atoms with E-state index in [4.69, 9.17) is 46.4 Å². The van der Waals surface area contributed by atoms with Crippen molar-refractivity contribution in [1.82, 2.24) is 0 Å². The van der Waals surface area contributed by atoms with E-state index < -0.39 is 0 Å². The number of benzene rings is 8. The molecule has 0 aliphatic heterocycles. The number of fused-ring (bicyclic) bond motifs is 2. The summed E-state index contributed by atoms with van der Waals surface area (Å²) in [5.41, 5.74) is 2.28. The third-order valence-corrected chi connectivity index (χ3v) is 10.6. The maximum Gasteiger partial charge on any atom is 0.171 e. The molecule has 0 aromatic heterocycles. The van der Waals surface area contributed by atoms with Crippen molar-refractivity contribution in [3.63, 3.8) is 0 Å². The molecule has 15 heteroatoms. The van der Waals surface area contributed by atoms with Gasteiger partial charge in [-0.3, -0.25) is 9.59 Å². The summed E-state index contributed by atoms with van der Waals surface area (Å²) in [6.07, 6.45) is 0.266. The Morgan fingerprint density at radius 3 is 1.16 bits per heavy atom. The Morgan fingerprint density at radius 1 is 0.429 bits per heavy atom. The monoisotopic (exact) mass is 956 g/mol. The van der Waals surface area contributed by atoms with Crippen LogP contribution in [0.5, 0.6) is 23.0 Å². The maximum atomic E-state index is 12.9. The molecule has 0 aliphatic rings. The van der Waals surface area contributed by atoms with Gasteiger partial charge >= 0.3 is 0 Å². The van der Waals surface area contributed by atoms with Crippen molar-refractivity contribution in [2.24, 2.45) is 20.5 Å². The second-order valence-corrected chi connectivity index (χ2v) is 15.5. The molecule has 0 saturated carbocycles. The van der Waals surface area contributed by atoms with Gasteiger partial charge in [-0.2, -0.15) is 0 Å². The van der Waals surface area contributed by atoms with E-state index in [-0.39, 0.29) is 118 Å².